The Hall–Kier alpha value is -1.30. The Morgan fingerprint density at radius 3 is 2.62 bits per heavy atom. The molecule has 0 unspecified atom stereocenters. The van der Waals surface area contributed by atoms with E-state index in [9.17, 15) is 9.18 Å². The van der Waals surface area contributed by atoms with E-state index in [1.807, 2.05) is 0 Å². The number of halogens is 3. The number of thioether (sulfide) groups is 1. The molecular weight excluding hydrogens is 334 g/mol. The third-order valence-corrected chi connectivity index (χ3v) is 4.23. The van der Waals surface area contributed by atoms with Crippen LogP contribution in [0.4, 0.5) is 10.2 Å². The zero-order valence-corrected chi connectivity index (χ0v) is 13.3. The molecule has 1 amide bonds. The number of aromatic nitrogens is 1. The number of amides is 1. The molecule has 0 saturated heterocycles. The zero-order chi connectivity index (χ0) is 15.4. The summed E-state index contributed by atoms with van der Waals surface area (Å²) in [4.78, 5) is 16.8. The molecule has 7 heteroatoms. The van der Waals surface area contributed by atoms with E-state index >= 15 is 0 Å². The van der Waals surface area contributed by atoms with Gasteiger partial charge in [0, 0.05) is 4.90 Å². The van der Waals surface area contributed by atoms with Crippen LogP contribution in [0.15, 0.2) is 35.2 Å². The van der Waals surface area contributed by atoms with Gasteiger partial charge in [0.15, 0.2) is 5.82 Å². The van der Waals surface area contributed by atoms with Gasteiger partial charge in [0.25, 0.3) is 0 Å². The monoisotopic (exact) mass is 344 g/mol. The highest BCUT2D eigenvalue weighted by atomic mass is 35.5. The van der Waals surface area contributed by atoms with E-state index in [0.29, 0.717) is 10.7 Å². The van der Waals surface area contributed by atoms with Gasteiger partial charge < -0.3 is 5.32 Å². The highest BCUT2D eigenvalue weighted by Gasteiger charge is 2.10. The maximum absolute atomic E-state index is 12.8. The van der Waals surface area contributed by atoms with Crippen LogP contribution in [0, 0.1) is 12.7 Å². The van der Waals surface area contributed by atoms with Crippen molar-refractivity contribution in [1.29, 1.82) is 0 Å². The van der Waals surface area contributed by atoms with Crippen LogP contribution in [-0.4, -0.2) is 16.6 Å². The summed E-state index contributed by atoms with van der Waals surface area (Å²) in [6.07, 6.45) is 0. The second kappa shape index (κ2) is 7.11. The molecule has 1 aromatic carbocycles. The minimum Gasteiger partial charge on any atom is -0.309 e. The van der Waals surface area contributed by atoms with Gasteiger partial charge in [-0.2, -0.15) is 0 Å². The summed E-state index contributed by atoms with van der Waals surface area (Å²) < 4.78 is 12.8. The smallest absolute Gasteiger partial charge is 0.235 e. The topological polar surface area (TPSA) is 42.0 Å². The Labute approximate surface area is 135 Å². The predicted molar refractivity (Wildman–Crippen MR) is 84.7 cm³/mol. The van der Waals surface area contributed by atoms with Crippen LogP contribution in [0.2, 0.25) is 10.0 Å². The van der Waals surface area contributed by atoms with Crippen LogP contribution in [0.25, 0.3) is 0 Å². The number of pyridine rings is 1. The van der Waals surface area contributed by atoms with E-state index in [1.54, 1.807) is 19.1 Å². The van der Waals surface area contributed by atoms with Crippen molar-refractivity contribution in [2.45, 2.75) is 11.8 Å². The van der Waals surface area contributed by atoms with E-state index in [0.717, 1.165) is 4.90 Å². The summed E-state index contributed by atoms with van der Waals surface area (Å²) >= 11 is 13.1. The molecule has 1 heterocycles. The summed E-state index contributed by atoms with van der Waals surface area (Å²) in [5, 5.41) is 3.35. The van der Waals surface area contributed by atoms with Crippen molar-refractivity contribution >= 4 is 46.7 Å². The molecule has 0 aliphatic carbocycles. The van der Waals surface area contributed by atoms with E-state index in [4.69, 9.17) is 23.2 Å². The first-order chi connectivity index (χ1) is 9.95. The third kappa shape index (κ3) is 4.59. The normalized spacial score (nSPS) is 10.5. The lowest BCUT2D eigenvalue weighted by Crippen LogP contribution is -2.15. The Morgan fingerprint density at radius 2 is 1.95 bits per heavy atom. The minimum atomic E-state index is -0.309. The lowest BCUT2D eigenvalue weighted by molar-refractivity contribution is -0.113. The van der Waals surface area contributed by atoms with Crippen LogP contribution in [-0.2, 0) is 4.79 Å². The number of aryl methyl sites for hydroxylation is 1. The Bertz CT molecular complexity index is 665. The Morgan fingerprint density at radius 1 is 1.29 bits per heavy atom. The summed E-state index contributed by atoms with van der Waals surface area (Å²) in [6, 6.07) is 7.46. The first kappa shape index (κ1) is 16.1. The first-order valence-electron chi connectivity index (χ1n) is 5.96. The van der Waals surface area contributed by atoms with Gasteiger partial charge in [-0.05, 0) is 37.3 Å². The first-order valence-corrected chi connectivity index (χ1v) is 7.70. The number of carbonyl (C=O) groups excluding carboxylic acids is 1. The third-order valence-electron chi connectivity index (χ3n) is 2.55. The predicted octanol–water partition coefficient (Wildman–Crippen LogP) is 4.57. The molecule has 3 nitrogen and oxygen atoms in total. The maximum Gasteiger partial charge on any atom is 0.235 e. The van der Waals surface area contributed by atoms with Crippen LogP contribution in [0.3, 0.4) is 0 Å². The number of nitrogens with one attached hydrogen (secondary N) is 1. The number of anilines is 1. The second-order valence-corrected chi connectivity index (χ2v) is 6.04. The summed E-state index contributed by atoms with van der Waals surface area (Å²) in [7, 11) is 0. The molecule has 1 N–H and O–H groups in total. The van der Waals surface area contributed by atoms with Crippen molar-refractivity contribution in [2.24, 2.45) is 0 Å². The molecule has 2 rings (SSSR count). The van der Waals surface area contributed by atoms with Crippen molar-refractivity contribution < 1.29 is 9.18 Å². The molecular formula is C14H11Cl2FN2OS. The van der Waals surface area contributed by atoms with Gasteiger partial charge in [-0.15, -0.1) is 11.8 Å². The van der Waals surface area contributed by atoms with Crippen LogP contribution < -0.4 is 5.32 Å². The van der Waals surface area contributed by atoms with Gasteiger partial charge in [-0.3, -0.25) is 4.79 Å². The number of benzene rings is 1. The Kier molecular flexibility index (Phi) is 5.45. The number of nitrogens with zero attached hydrogens (tertiary/aromatic N) is 1. The quantitative estimate of drug-likeness (QED) is 0.826. The molecule has 0 fully saturated rings. The van der Waals surface area contributed by atoms with Crippen LogP contribution >= 0.6 is 35.0 Å². The number of hydrogen-bond donors (Lipinski definition) is 1. The summed E-state index contributed by atoms with van der Waals surface area (Å²) in [5.74, 6) is -0.106. The molecule has 21 heavy (non-hydrogen) atoms. The molecule has 0 atom stereocenters. The van der Waals surface area contributed by atoms with E-state index in [1.165, 1.54) is 30.0 Å². The lowest BCUT2D eigenvalue weighted by atomic mass is 10.3. The number of hydrogen-bond acceptors (Lipinski definition) is 3. The van der Waals surface area contributed by atoms with E-state index < -0.39 is 0 Å². The molecule has 0 aliphatic rings. The number of carbonyl (C=O) groups is 1. The van der Waals surface area contributed by atoms with Gasteiger partial charge in [-0.25, -0.2) is 9.37 Å². The van der Waals surface area contributed by atoms with E-state index in [-0.39, 0.29) is 28.3 Å². The van der Waals surface area contributed by atoms with Gasteiger partial charge >= 0.3 is 0 Å². The van der Waals surface area contributed by atoms with Gasteiger partial charge in [0.1, 0.15) is 5.82 Å². The minimum absolute atomic E-state index is 0.172. The van der Waals surface area contributed by atoms with Crippen molar-refractivity contribution in [3.8, 4) is 0 Å². The maximum atomic E-state index is 12.8. The van der Waals surface area contributed by atoms with Gasteiger partial charge in [0.05, 0.1) is 21.5 Å². The Balaban J connectivity index is 1.96. The van der Waals surface area contributed by atoms with Crippen LogP contribution in [0.1, 0.15) is 5.69 Å². The second-order valence-electron chi connectivity index (χ2n) is 4.18. The fourth-order valence-corrected chi connectivity index (χ4v) is 2.60. The van der Waals surface area contributed by atoms with E-state index in [2.05, 4.69) is 10.3 Å². The average Bonchev–Trinajstić information content (AvgIpc) is 2.44. The van der Waals surface area contributed by atoms with Crippen molar-refractivity contribution in [2.75, 3.05) is 11.1 Å². The fourth-order valence-electron chi connectivity index (χ4n) is 1.49. The lowest BCUT2D eigenvalue weighted by Gasteiger charge is -2.08. The number of rotatable bonds is 4. The molecule has 0 radical (unpaired) electrons. The summed E-state index contributed by atoms with van der Waals surface area (Å²) in [5.41, 5.74) is 0.586. The molecule has 0 bridgehead atoms. The van der Waals surface area contributed by atoms with Crippen molar-refractivity contribution in [1.82, 2.24) is 4.98 Å². The van der Waals surface area contributed by atoms with Crippen LogP contribution in [0.5, 0.6) is 0 Å². The molecule has 2 aromatic rings. The van der Waals surface area contributed by atoms with Gasteiger partial charge in [0.2, 0.25) is 5.91 Å². The molecule has 0 spiro atoms. The van der Waals surface area contributed by atoms with Crippen molar-refractivity contribution in [3.05, 3.63) is 51.9 Å². The zero-order valence-electron chi connectivity index (χ0n) is 11.0. The highest BCUT2D eigenvalue weighted by molar-refractivity contribution is 8.00. The summed E-state index contributed by atoms with van der Waals surface area (Å²) in [6.45, 7) is 1.72. The van der Waals surface area contributed by atoms with Crippen molar-refractivity contribution in [3.63, 3.8) is 0 Å². The average molecular weight is 345 g/mol. The highest BCUT2D eigenvalue weighted by Crippen LogP contribution is 2.26. The largest absolute Gasteiger partial charge is 0.309 e. The van der Waals surface area contributed by atoms with Gasteiger partial charge in [-0.1, -0.05) is 23.2 Å². The molecule has 0 saturated carbocycles. The molecule has 1 aromatic heterocycles. The fraction of sp³-hybridized carbons (Fsp3) is 0.143. The molecule has 110 valence electrons. The standard InChI is InChI=1S/C14H11Cl2FN2OS/c1-8-11(15)6-12(16)14(18-8)19-13(20)7-21-10-4-2-9(17)3-5-10/h2-6H,7H2,1H3,(H,18,19,20). The SMILES string of the molecule is Cc1nc(NC(=O)CSc2ccc(F)cc2)c(Cl)cc1Cl. The molecule has 0 aliphatic heterocycles.